The minimum absolute atomic E-state index is 0.0643. The van der Waals surface area contributed by atoms with Crippen LogP contribution < -0.4 is 5.32 Å². The molecule has 0 saturated carbocycles. The van der Waals surface area contributed by atoms with Crippen molar-refractivity contribution in [1.82, 2.24) is 20.2 Å². The number of amides is 1. The van der Waals surface area contributed by atoms with Gasteiger partial charge in [0.2, 0.25) is 11.8 Å². The first kappa shape index (κ1) is 15.7. The van der Waals surface area contributed by atoms with Crippen LogP contribution in [-0.4, -0.2) is 45.7 Å². The van der Waals surface area contributed by atoms with Crippen molar-refractivity contribution >= 4 is 11.7 Å². The Morgan fingerprint density at radius 1 is 1.30 bits per heavy atom. The summed E-state index contributed by atoms with van der Waals surface area (Å²) < 4.78 is 9.93. The van der Waals surface area contributed by atoms with E-state index >= 15 is 0 Å². The zero-order valence-electron chi connectivity index (χ0n) is 13.4. The van der Waals surface area contributed by atoms with Gasteiger partial charge in [0.1, 0.15) is 5.76 Å². The highest BCUT2D eigenvalue weighted by molar-refractivity contribution is 5.91. The average Bonchev–Trinajstić information content (AvgIpc) is 3.10. The van der Waals surface area contributed by atoms with Crippen molar-refractivity contribution in [3.63, 3.8) is 0 Å². The van der Waals surface area contributed by atoms with Crippen LogP contribution >= 0.6 is 0 Å². The molecule has 0 aliphatic carbocycles. The lowest BCUT2D eigenvalue weighted by Crippen LogP contribution is -2.39. The minimum atomic E-state index is -0.0643. The van der Waals surface area contributed by atoms with Gasteiger partial charge >= 0.3 is 0 Å². The first-order valence-electron chi connectivity index (χ1n) is 7.83. The third kappa shape index (κ3) is 4.38. The fraction of sp³-hybridized carbons (Fsp3) is 0.600. The number of piperidine rings is 1. The van der Waals surface area contributed by atoms with E-state index in [1.165, 1.54) is 0 Å². The monoisotopic (exact) mass is 319 g/mol. The Kier molecular flexibility index (Phi) is 4.71. The van der Waals surface area contributed by atoms with Gasteiger partial charge in [-0.15, -0.1) is 0 Å². The number of aryl methyl sites for hydroxylation is 2. The van der Waals surface area contributed by atoms with E-state index in [0.717, 1.165) is 38.2 Å². The fourth-order valence-corrected chi connectivity index (χ4v) is 2.84. The molecule has 1 aliphatic rings. The van der Waals surface area contributed by atoms with Gasteiger partial charge < -0.3 is 14.4 Å². The molecule has 0 bridgehead atoms. The molecule has 0 unspecified atom stereocenters. The molecular formula is C15H21N5O3. The van der Waals surface area contributed by atoms with Crippen LogP contribution in [0.2, 0.25) is 0 Å². The van der Waals surface area contributed by atoms with Gasteiger partial charge in [0.05, 0.1) is 6.54 Å². The molecule has 3 heterocycles. The van der Waals surface area contributed by atoms with Gasteiger partial charge in [-0.05, 0) is 38.8 Å². The Morgan fingerprint density at radius 2 is 2.09 bits per heavy atom. The summed E-state index contributed by atoms with van der Waals surface area (Å²) in [6, 6.07) is 1.71. The molecule has 0 aromatic carbocycles. The van der Waals surface area contributed by atoms with E-state index in [1.54, 1.807) is 19.9 Å². The molecule has 124 valence electrons. The van der Waals surface area contributed by atoms with E-state index in [0.29, 0.717) is 29.9 Å². The zero-order chi connectivity index (χ0) is 16.2. The number of rotatable bonds is 5. The normalized spacial score (nSPS) is 16.6. The lowest BCUT2D eigenvalue weighted by Gasteiger charge is -2.30. The number of nitrogens with one attached hydrogen (secondary N) is 1. The van der Waals surface area contributed by atoms with Crippen molar-refractivity contribution in [2.24, 2.45) is 5.92 Å². The van der Waals surface area contributed by atoms with E-state index in [4.69, 9.17) is 9.05 Å². The quantitative estimate of drug-likeness (QED) is 0.893. The van der Waals surface area contributed by atoms with Crippen molar-refractivity contribution in [1.29, 1.82) is 0 Å². The van der Waals surface area contributed by atoms with Crippen LogP contribution in [0, 0.1) is 19.8 Å². The van der Waals surface area contributed by atoms with Gasteiger partial charge in [0, 0.05) is 19.4 Å². The largest absolute Gasteiger partial charge is 0.360 e. The second-order valence-electron chi connectivity index (χ2n) is 6.02. The molecule has 8 nitrogen and oxygen atoms in total. The van der Waals surface area contributed by atoms with Gasteiger partial charge in [0.15, 0.2) is 11.6 Å². The standard InChI is InChI=1S/C15H21N5O3/c1-10-7-13(18-22-10)17-15(21)9-20-5-3-12(4-6-20)8-14-16-11(2)23-19-14/h7,12H,3-6,8-9H2,1-2H3,(H,17,18,21). The second kappa shape index (κ2) is 6.91. The van der Waals surface area contributed by atoms with Crippen LogP contribution in [0.25, 0.3) is 0 Å². The molecule has 23 heavy (non-hydrogen) atoms. The molecular weight excluding hydrogens is 298 g/mol. The van der Waals surface area contributed by atoms with E-state index in [2.05, 4.69) is 25.5 Å². The number of carbonyl (C=O) groups is 1. The molecule has 1 N–H and O–H groups in total. The van der Waals surface area contributed by atoms with Gasteiger partial charge in [-0.1, -0.05) is 10.3 Å². The maximum Gasteiger partial charge on any atom is 0.239 e. The molecule has 2 aromatic rings. The van der Waals surface area contributed by atoms with E-state index in [-0.39, 0.29) is 5.91 Å². The zero-order valence-corrected chi connectivity index (χ0v) is 13.4. The predicted molar refractivity (Wildman–Crippen MR) is 81.8 cm³/mol. The van der Waals surface area contributed by atoms with E-state index in [1.807, 2.05) is 0 Å². The van der Waals surface area contributed by atoms with Crippen molar-refractivity contribution in [2.75, 3.05) is 25.0 Å². The van der Waals surface area contributed by atoms with Crippen molar-refractivity contribution in [3.05, 3.63) is 23.5 Å². The summed E-state index contributed by atoms with van der Waals surface area (Å²) in [5, 5.41) is 10.5. The van der Waals surface area contributed by atoms with Gasteiger partial charge in [-0.3, -0.25) is 9.69 Å². The summed E-state index contributed by atoms with van der Waals surface area (Å²) >= 11 is 0. The smallest absolute Gasteiger partial charge is 0.239 e. The average molecular weight is 319 g/mol. The Labute approximate surface area is 134 Å². The van der Waals surface area contributed by atoms with Crippen molar-refractivity contribution < 1.29 is 13.8 Å². The highest BCUT2D eigenvalue weighted by Crippen LogP contribution is 2.20. The first-order valence-corrected chi connectivity index (χ1v) is 7.83. The number of anilines is 1. The number of nitrogens with zero attached hydrogens (tertiary/aromatic N) is 4. The van der Waals surface area contributed by atoms with Crippen molar-refractivity contribution in [3.8, 4) is 0 Å². The third-order valence-corrected chi connectivity index (χ3v) is 4.01. The minimum Gasteiger partial charge on any atom is -0.360 e. The van der Waals surface area contributed by atoms with Crippen LogP contribution in [0.4, 0.5) is 5.82 Å². The molecule has 8 heteroatoms. The molecule has 0 atom stereocenters. The number of carbonyl (C=O) groups excluding carboxylic acids is 1. The first-order chi connectivity index (χ1) is 11.1. The second-order valence-corrected chi connectivity index (χ2v) is 6.02. The van der Waals surface area contributed by atoms with E-state index < -0.39 is 0 Å². The van der Waals surface area contributed by atoms with E-state index in [9.17, 15) is 4.79 Å². The molecule has 0 spiro atoms. The number of hydrogen-bond acceptors (Lipinski definition) is 7. The molecule has 1 amide bonds. The summed E-state index contributed by atoms with van der Waals surface area (Å²) in [7, 11) is 0. The lowest BCUT2D eigenvalue weighted by molar-refractivity contribution is -0.117. The number of likely N-dealkylation sites (tertiary alicyclic amines) is 1. The van der Waals surface area contributed by atoms with Crippen LogP contribution in [-0.2, 0) is 11.2 Å². The number of hydrogen-bond donors (Lipinski definition) is 1. The molecule has 1 saturated heterocycles. The Hall–Kier alpha value is -2.22. The van der Waals surface area contributed by atoms with Crippen LogP contribution in [0.5, 0.6) is 0 Å². The SMILES string of the molecule is Cc1cc(NC(=O)CN2CCC(Cc3noc(C)n3)CC2)no1. The van der Waals surface area contributed by atoms with Crippen molar-refractivity contribution in [2.45, 2.75) is 33.1 Å². The molecule has 2 aromatic heterocycles. The predicted octanol–water partition coefficient (Wildman–Crippen LogP) is 1.57. The Balaban J connectivity index is 1.41. The topological polar surface area (TPSA) is 97.3 Å². The summed E-state index contributed by atoms with van der Waals surface area (Å²) in [4.78, 5) is 18.4. The summed E-state index contributed by atoms with van der Waals surface area (Å²) in [5.41, 5.74) is 0. The Morgan fingerprint density at radius 3 is 2.70 bits per heavy atom. The third-order valence-electron chi connectivity index (χ3n) is 4.01. The van der Waals surface area contributed by atoms with Gasteiger partial charge in [-0.2, -0.15) is 4.98 Å². The lowest BCUT2D eigenvalue weighted by atomic mass is 9.93. The summed E-state index contributed by atoms with van der Waals surface area (Å²) in [6.45, 7) is 5.76. The highest BCUT2D eigenvalue weighted by Gasteiger charge is 2.22. The molecule has 1 fully saturated rings. The molecule has 1 aliphatic heterocycles. The highest BCUT2D eigenvalue weighted by atomic mass is 16.5. The Bertz CT molecular complexity index is 658. The molecule has 3 rings (SSSR count). The van der Waals surface area contributed by atoms with Gasteiger partial charge in [0.25, 0.3) is 0 Å². The summed E-state index contributed by atoms with van der Waals surface area (Å²) in [5.74, 6) is 3.01. The maximum atomic E-state index is 12.0. The molecule has 0 radical (unpaired) electrons. The van der Waals surface area contributed by atoms with Crippen LogP contribution in [0.1, 0.15) is 30.3 Å². The van der Waals surface area contributed by atoms with Crippen LogP contribution in [0.15, 0.2) is 15.1 Å². The fourth-order valence-electron chi connectivity index (χ4n) is 2.84. The number of aromatic nitrogens is 3. The summed E-state index contributed by atoms with van der Waals surface area (Å²) in [6.07, 6.45) is 2.91. The maximum absolute atomic E-state index is 12.0. The van der Waals surface area contributed by atoms with Crippen LogP contribution in [0.3, 0.4) is 0 Å². The van der Waals surface area contributed by atoms with Gasteiger partial charge in [-0.25, -0.2) is 0 Å².